The Kier molecular flexibility index (Phi) is 6.76. The van der Waals surface area contributed by atoms with Gasteiger partial charge in [-0.1, -0.05) is 101 Å². The molecule has 0 amide bonds. The van der Waals surface area contributed by atoms with E-state index in [1.54, 1.807) is 0 Å². The molecule has 0 radical (unpaired) electrons. The second-order valence-corrected chi connectivity index (χ2v) is 9.54. The van der Waals surface area contributed by atoms with Gasteiger partial charge in [-0.05, 0) is 63.6 Å². The van der Waals surface area contributed by atoms with E-state index in [9.17, 15) is 0 Å². The summed E-state index contributed by atoms with van der Waals surface area (Å²) < 4.78 is 0. The van der Waals surface area contributed by atoms with Crippen LogP contribution in [0, 0.1) is 0 Å². The molecular formula is C28H33P. The van der Waals surface area contributed by atoms with Gasteiger partial charge in [0.1, 0.15) is 0 Å². The lowest BCUT2D eigenvalue weighted by Gasteiger charge is -2.30. The predicted octanol–water partition coefficient (Wildman–Crippen LogP) is 8.37. The van der Waals surface area contributed by atoms with Gasteiger partial charge in [0, 0.05) is 5.41 Å². The van der Waals surface area contributed by atoms with Crippen molar-refractivity contribution in [3.8, 4) is 11.1 Å². The average Bonchev–Trinajstić information content (AvgIpc) is 3.05. The SMILES string of the molecule is C=C/C=C(\C=C)C(=C)CPC(C)c1ccc2c(c1)C(CC)(CC)c1ccccc1-2. The standard InChI is InChI=1S/C28H33P/c1-7-13-22(8-2)20(5)19-29-21(6)23-16-17-25-24-14-11-12-15-26(24)28(9-3,10-4)27(25)18-23/h7-8,11-18,21,29H,1-2,5,9-10,19H2,3-4,6H3/b22-13+. The van der Waals surface area contributed by atoms with Gasteiger partial charge in [0.05, 0.1) is 0 Å². The molecule has 29 heavy (non-hydrogen) atoms. The summed E-state index contributed by atoms with van der Waals surface area (Å²) in [7, 11) is 0.799. The number of hydrogen-bond donors (Lipinski definition) is 0. The second-order valence-electron chi connectivity index (χ2n) is 7.91. The molecule has 0 aliphatic heterocycles. The zero-order chi connectivity index (χ0) is 21.0. The minimum atomic E-state index is 0.150. The minimum absolute atomic E-state index is 0.150. The van der Waals surface area contributed by atoms with E-state index in [1.807, 2.05) is 18.2 Å². The van der Waals surface area contributed by atoms with Crippen LogP contribution >= 0.6 is 8.58 Å². The zero-order valence-corrected chi connectivity index (χ0v) is 19.1. The number of fused-ring (bicyclic) bond motifs is 3. The van der Waals surface area contributed by atoms with E-state index in [0.29, 0.717) is 5.66 Å². The largest absolute Gasteiger partial charge is 0.110 e. The van der Waals surface area contributed by atoms with Crippen molar-refractivity contribution in [1.29, 1.82) is 0 Å². The Bertz CT molecular complexity index is 956. The normalized spacial score (nSPS) is 15.8. The quantitative estimate of drug-likeness (QED) is 0.293. The van der Waals surface area contributed by atoms with Gasteiger partial charge in [0.15, 0.2) is 0 Å². The molecule has 1 heteroatoms. The highest BCUT2D eigenvalue weighted by molar-refractivity contribution is 7.38. The first kappa shape index (κ1) is 21.5. The third kappa shape index (κ3) is 3.84. The molecule has 0 heterocycles. The van der Waals surface area contributed by atoms with E-state index in [-0.39, 0.29) is 5.41 Å². The maximum Gasteiger partial charge on any atom is 0.0210 e. The van der Waals surface area contributed by atoms with Crippen LogP contribution in [0.15, 0.2) is 91.6 Å². The van der Waals surface area contributed by atoms with E-state index in [4.69, 9.17) is 0 Å². The molecule has 0 spiro atoms. The molecule has 0 fully saturated rings. The van der Waals surface area contributed by atoms with Gasteiger partial charge < -0.3 is 0 Å². The highest BCUT2D eigenvalue weighted by Crippen LogP contribution is 2.53. The Labute approximate surface area is 178 Å². The summed E-state index contributed by atoms with van der Waals surface area (Å²) in [5, 5.41) is 0. The lowest BCUT2D eigenvalue weighted by Crippen LogP contribution is -2.23. The van der Waals surface area contributed by atoms with Crippen LogP contribution in [0.3, 0.4) is 0 Å². The van der Waals surface area contributed by atoms with E-state index in [2.05, 4.69) is 83.0 Å². The zero-order valence-electron chi connectivity index (χ0n) is 18.1. The van der Waals surface area contributed by atoms with Crippen molar-refractivity contribution in [2.45, 2.75) is 44.7 Å². The van der Waals surface area contributed by atoms with E-state index in [1.165, 1.54) is 27.8 Å². The lowest BCUT2D eigenvalue weighted by molar-refractivity contribution is 0.490. The Morgan fingerprint density at radius 2 is 1.72 bits per heavy atom. The number of allylic oxidation sites excluding steroid dienone is 5. The van der Waals surface area contributed by atoms with Gasteiger partial charge in [-0.2, -0.15) is 0 Å². The van der Waals surface area contributed by atoms with Crippen molar-refractivity contribution < 1.29 is 0 Å². The van der Waals surface area contributed by atoms with Gasteiger partial charge in [-0.25, -0.2) is 0 Å². The smallest absolute Gasteiger partial charge is 0.0210 e. The highest BCUT2D eigenvalue weighted by Gasteiger charge is 2.40. The fourth-order valence-corrected chi connectivity index (χ4v) is 5.88. The van der Waals surface area contributed by atoms with Crippen LogP contribution in [-0.2, 0) is 5.41 Å². The molecule has 0 bridgehead atoms. The molecule has 2 aromatic carbocycles. The average molecular weight is 401 g/mol. The molecule has 2 aromatic rings. The summed E-state index contributed by atoms with van der Waals surface area (Å²) in [4.78, 5) is 0. The fraction of sp³-hybridized carbons (Fsp3) is 0.286. The topological polar surface area (TPSA) is 0 Å². The molecule has 150 valence electrons. The summed E-state index contributed by atoms with van der Waals surface area (Å²) in [5.74, 6) is 0. The highest BCUT2D eigenvalue weighted by atomic mass is 31.1. The second kappa shape index (κ2) is 9.10. The van der Waals surface area contributed by atoms with Crippen molar-refractivity contribution in [3.63, 3.8) is 0 Å². The molecular weight excluding hydrogens is 367 g/mol. The van der Waals surface area contributed by atoms with Crippen molar-refractivity contribution in [1.82, 2.24) is 0 Å². The third-order valence-corrected chi connectivity index (χ3v) is 8.12. The lowest BCUT2D eigenvalue weighted by atomic mass is 9.73. The molecule has 0 aromatic heterocycles. The number of rotatable bonds is 9. The van der Waals surface area contributed by atoms with Crippen LogP contribution in [0.2, 0.25) is 0 Å². The van der Waals surface area contributed by atoms with Crippen LogP contribution in [0.25, 0.3) is 11.1 Å². The van der Waals surface area contributed by atoms with Gasteiger partial charge in [-0.15, -0.1) is 8.58 Å². The molecule has 0 nitrogen and oxygen atoms in total. The van der Waals surface area contributed by atoms with Crippen molar-refractivity contribution in [2.75, 3.05) is 6.16 Å². The van der Waals surface area contributed by atoms with Crippen molar-refractivity contribution in [2.24, 2.45) is 0 Å². The van der Waals surface area contributed by atoms with Gasteiger partial charge in [-0.3, -0.25) is 0 Å². The van der Waals surface area contributed by atoms with E-state index >= 15 is 0 Å². The molecule has 0 saturated carbocycles. The molecule has 0 saturated heterocycles. The number of benzene rings is 2. The Hall–Kier alpha value is -2.17. The summed E-state index contributed by atoms with van der Waals surface area (Å²) in [6.45, 7) is 19.0. The first-order valence-electron chi connectivity index (χ1n) is 10.6. The van der Waals surface area contributed by atoms with Crippen LogP contribution in [-0.4, -0.2) is 6.16 Å². The van der Waals surface area contributed by atoms with Crippen LogP contribution in [0.4, 0.5) is 0 Å². The Morgan fingerprint density at radius 1 is 1.03 bits per heavy atom. The molecule has 1 aliphatic rings. The minimum Gasteiger partial charge on any atom is -0.110 e. The van der Waals surface area contributed by atoms with Crippen LogP contribution in [0.5, 0.6) is 0 Å². The van der Waals surface area contributed by atoms with Gasteiger partial charge in [0.2, 0.25) is 0 Å². The molecule has 1 aliphatic carbocycles. The van der Waals surface area contributed by atoms with E-state index in [0.717, 1.165) is 38.7 Å². The summed E-state index contributed by atoms with van der Waals surface area (Å²) in [6, 6.07) is 16.2. The fourth-order valence-electron chi connectivity index (χ4n) is 4.71. The first-order valence-corrected chi connectivity index (χ1v) is 11.9. The predicted molar refractivity (Wildman–Crippen MR) is 132 cm³/mol. The summed E-state index contributed by atoms with van der Waals surface area (Å²) in [6.07, 6.45) is 8.95. The maximum atomic E-state index is 4.26. The molecule has 0 N–H and O–H groups in total. The summed E-state index contributed by atoms with van der Waals surface area (Å²) >= 11 is 0. The van der Waals surface area contributed by atoms with Crippen LogP contribution < -0.4 is 0 Å². The maximum absolute atomic E-state index is 4.26. The van der Waals surface area contributed by atoms with Crippen molar-refractivity contribution >= 4 is 8.58 Å². The molecule has 2 atom stereocenters. The Morgan fingerprint density at radius 3 is 2.38 bits per heavy atom. The summed E-state index contributed by atoms with van der Waals surface area (Å²) in [5.41, 5.74) is 10.2. The number of hydrogen-bond acceptors (Lipinski definition) is 0. The van der Waals surface area contributed by atoms with Crippen LogP contribution in [0.1, 0.15) is 56.0 Å². The monoisotopic (exact) mass is 400 g/mol. The van der Waals surface area contributed by atoms with Crippen molar-refractivity contribution in [3.05, 3.63) is 108 Å². The molecule has 3 rings (SSSR count). The molecule has 2 unspecified atom stereocenters. The third-order valence-electron chi connectivity index (χ3n) is 6.55. The Balaban J connectivity index is 1.88. The van der Waals surface area contributed by atoms with E-state index < -0.39 is 0 Å². The van der Waals surface area contributed by atoms with Gasteiger partial charge in [0.25, 0.3) is 0 Å². The first-order chi connectivity index (χ1) is 14.0. The van der Waals surface area contributed by atoms with Gasteiger partial charge >= 0.3 is 0 Å².